The van der Waals surface area contributed by atoms with Crippen molar-refractivity contribution >= 4 is 0 Å². The molecule has 0 amide bonds. The van der Waals surface area contributed by atoms with E-state index in [1.807, 2.05) is 0 Å². The van der Waals surface area contributed by atoms with Crippen LogP contribution in [0.25, 0.3) is 0 Å². The van der Waals surface area contributed by atoms with Crippen LogP contribution < -0.4 is 0 Å². The van der Waals surface area contributed by atoms with E-state index in [0.29, 0.717) is 0 Å². The molecule has 0 heterocycles. The molecule has 0 aliphatic heterocycles. The minimum Gasteiger partial charge on any atom is -0.0654 e. The van der Waals surface area contributed by atoms with Gasteiger partial charge in [-0.25, -0.2) is 0 Å². The predicted octanol–water partition coefficient (Wildman–Crippen LogP) is 9.63. The van der Waals surface area contributed by atoms with Crippen molar-refractivity contribution in [2.75, 3.05) is 0 Å². The standard InChI is InChI=1S/C27H56/c1-11-12-21(4)14-23(6)16-25(8)18-27(10)19-26(9)17-24(7)15-22(5)13-20(2)3/h20-27H,11-19H2,1-10H3. The molecule has 164 valence electrons. The van der Waals surface area contributed by atoms with Gasteiger partial charge in [-0.15, -0.1) is 0 Å². The van der Waals surface area contributed by atoms with Crippen LogP contribution in [0, 0.1) is 47.3 Å². The molecule has 0 saturated carbocycles. The van der Waals surface area contributed by atoms with Gasteiger partial charge in [-0.1, -0.05) is 82.1 Å². The third kappa shape index (κ3) is 15.6. The Kier molecular flexibility index (Phi) is 14.9. The summed E-state index contributed by atoms with van der Waals surface area (Å²) in [4.78, 5) is 0. The summed E-state index contributed by atoms with van der Waals surface area (Å²) in [5.74, 6) is 7.09. The molecule has 0 spiro atoms. The zero-order valence-corrected chi connectivity index (χ0v) is 21.0. The Morgan fingerprint density at radius 1 is 0.370 bits per heavy atom. The van der Waals surface area contributed by atoms with Crippen molar-refractivity contribution in [2.24, 2.45) is 47.3 Å². The molecule has 0 N–H and O–H groups in total. The Bertz CT molecular complexity index is 331. The van der Waals surface area contributed by atoms with Gasteiger partial charge in [0.05, 0.1) is 0 Å². The summed E-state index contributed by atoms with van der Waals surface area (Å²) in [5, 5.41) is 0. The van der Waals surface area contributed by atoms with Crippen molar-refractivity contribution in [1.82, 2.24) is 0 Å². The summed E-state index contributed by atoms with van der Waals surface area (Å²) in [7, 11) is 0. The molecule has 0 saturated heterocycles. The Morgan fingerprint density at radius 2 is 0.630 bits per heavy atom. The molecular formula is C27H56. The van der Waals surface area contributed by atoms with Gasteiger partial charge < -0.3 is 0 Å². The van der Waals surface area contributed by atoms with Crippen LogP contribution in [0.4, 0.5) is 0 Å². The molecule has 0 radical (unpaired) electrons. The van der Waals surface area contributed by atoms with Gasteiger partial charge in [0, 0.05) is 0 Å². The number of rotatable bonds is 16. The molecule has 0 bridgehead atoms. The molecule has 0 fully saturated rings. The van der Waals surface area contributed by atoms with E-state index in [1.165, 1.54) is 57.8 Å². The lowest BCUT2D eigenvalue weighted by molar-refractivity contribution is 0.258. The molecule has 0 aromatic rings. The van der Waals surface area contributed by atoms with Gasteiger partial charge in [0.1, 0.15) is 0 Å². The van der Waals surface area contributed by atoms with Crippen molar-refractivity contribution < 1.29 is 0 Å². The van der Waals surface area contributed by atoms with Gasteiger partial charge in [0.2, 0.25) is 0 Å². The van der Waals surface area contributed by atoms with Crippen molar-refractivity contribution in [3.05, 3.63) is 0 Å². The van der Waals surface area contributed by atoms with Crippen LogP contribution in [0.15, 0.2) is 0 Å². The monoisotopic (exact) mass is 380 g/mol. The quantitative estimate of drug-likeness (QED) is 0.250. The lowest BCUT2D eigenvalue weighted by Crippen LogP contribution is -2.14. The molecular weight excluding hydrogens is 324 g/mol. The van der Waals surface area contributed by atoms with Gasteiger partial charge in [-0.3, -0.25) is 0 Å². The molecule has 0 aromatic carbocycles. The van der Waals surface area contributed by atoms with Gasteiger partial charge in [0.25, 0.3) is 0 Å². The van der Waals surface area contributed by atoms with Crippen LogP contribution in [-0.2, 0) is 0 Å². The highest BCUT2D eigenvalue weighted by molar-refractivity contribution is 4.70. The van der Waals surface area contributed by atoms with Crippen LogP contribution in [-0.4, -0.2) is 0 Å². The highest BCUT2D eigenvalue weighted by Gasteiger charge is 2.18. The van der Waals surface area contributed by atoms with Crippen LogP contribution in [0.5, 0.6) is 0 Å². The second kappa shape index (κ2) is 14.9. The average Bonchev–Trinajstić information content (AvgIpc) is 2.44. The van der Waals surface area contributed by atoms with E-state index in [1.54, 1.807) is 0 Å². The first-order valence-electron chi connectivity index (χ1n) is 12.5. The topological polar surface area (TPSA) is 0 Å². The third-order valence-corrected chi connectivity index (χ3v) is 6.48. The van der Waals surface area contributed by atoms with E-state index in [4.69, 9.17) is 0 Å². The van der Waals surface area contributed by atoms with E-state index in [2.05, 4.69) is 69.2 Å². The minimum absolute atomic E-state index is 0.846. The Hall–Kier alpha value is 0. The second-order valence-electron chi connectivity index (χ2n) is 11.6. The molecule has 7 atom stereocenters. The fourth-order valence-electron chi connectivity index (χ4n) is 6.11. The van der Waals surface area contributed by atoms with Crippen molar-refractivity contribution in [1.29, 1.82) is 0 Å². The zero-order chi connectivity index (χ0) is 21.0. The zero-order valence-electron chi connectivity index (χ0n) is 21.0. The fraction of sp³-hybridized carbons (Fsp3) is 1.00. The third-order valence-electron chi connectivity index (χ3n) is 6.48. The van der Waals surface area contributed by atoms with Crippen LogP contribution in [0.3, 0.4) is 0 Å². The molecule has 0 aliphatic carbocycles. The molecule has 7 unspecified atom stereocenters. The normalized spacial score (nSPS) is 20.1. The maximum absolute atomic E-state index is 2.50. The lowest BCUT2D eigenvalue weighted by Gasteiger charge is -2.26. The molecule has 0 heteroatoms. The molecule has 0 aliphatic rings. The Balaban J connectivity index is 4.08. The first-order chi connectivity index (χ1) is 12.5. The van der Waals surface area contributed by atoms with E-state index >= 15 is 0 Å². The van der Waals surface area contributed by atoms with Gasteiger partial charge in [-0.05, 0) is 92.3 Å². The van der Waals surface area contributed by atoms with Gasteiger partial charge in [-0.2, -0.15) is 0 Å². The van der Waals surface area contributed by atoms with Gasteiger partial charge in [0.15, 0.2) is 0 Å². The van der Waals surface area contributed by atoms with Gasteiger partial charge >= 0.3 is 0 Å². The predicted molar refractivity (Wildman–Crippen MR) is 126 cm³/mol. The second-order valence-corrected chi connectivity index (χ2v) is 11.6. The van der Waals surface area contributed by atoms with Crippen LogP contribution >= 0.6 is 0 Å². The summed E-state index contributed by atoms with van der Waals surface area (Å²) < 4.78 is 0. The fourth-order valence-corrected chi connectivity index (χ4v) is 6.11. The summed E-state index contributed by atoms with van der Waals surface area (Å²) in [6.45, 7) is 24.4. The summed E-state index contributed by atoms with van der Waals surface area (Å²) >= 11 is 0. The Morgan fingerprint density at radius 3 is 0.889 bits per heavy atom. The summed E-state index contributed by atoms with van der Waals surface area (Å²) in [5.41, 5.74) is 0. The largest absolute Gasteiger partial charge is 0.0654 e. The number of hydrogen-bond acceptors (Lipinski definition) is 0. The maximum Gasteiger partial charge on any atom is -0.0438 e. The van der Waals surface area contributed by atoms with Crippen LogP contribution in [0.1, 0.15) is 127 Å². The van der Waals surface area contributed by atoms with E-state index < -0.39 is 0 Å². The Labute approximate surface area is 174 Å². The smallest absolute Gasteiger partial charge is 0.0438 e. The van der Waals surface area contributed by atoms with E-state index in [0.717, 1.165) is 47.3 Å². The maximum atomic E-state index is 2.50. The molecule has 27 heavy (non-hydrogen) atoms. The molecule has 0 nitrogen and oxygen atoms in total. The first-order valence-corrected chi connectivity index (χ1v) is 12.5. The summed E-state index contributed by atoms with van der Waals surface area (Å²) in [6, 6.07) is 0. The van der Waals surface area contributed by atoms with Crippen molar-refractivity contribution in [3.8, 4) is 0 Å². The molecule has 0 aromatic heterocycles. The van der Waals surface area contributed by atoms with E-state index in [9.17, 15) is 0 Å². The summed E-state index contributed by atoms with van der Waals surface area (Å²) in [6.07, 6.45) is 12.7. The first kappa shape index (κ1) is 27.0. The average molecular weight is 381 g/mol. The minimum atomic E-state index is 0.846. The van der Waals surface area contributed by atoms with E-state index in [-0.39, 0.29) is 0 Å². The highest BCUT2D eigenvalue weighted by Crippen LogP contribution is 2.30. The lowest BCUT2D eigenvalue weighted by atomic mass is 9.80. The number of hydrogen-bond donors (Lipinski definition) is 0. The highest BCUT2D eigenvalue weighted by atomic mass is 14.2. The van der Waals surface area contributed by atoms with Crippen LogP contribution in [0.2, 0.25) is 0 Å². The SMILES string of the molecule is CCCC(C)CC(C)CC(C)CC(C)CC(C)CC(C)CC(C)CC(C)C. The molecule has 0 rings (SSSR count). The van der Waals surface area contributed by atoms with Crippen molar-refractivity contribution in [2.45, 2.75) is 127 Å². The van der Waals surface area contributed by atoms with Crippen molar-refractivity contribution in [3.63, 3.8) is 0 Å².